The zero-order chi connectivity index (χ0) is 21.6. The van der Waals surface area contributed by atoms with Crippen LogP contribution in [0.4, 0.5) is 11.4 Å². The van der Waals surface area contributed by atoms with E-state index in [4.69, 9.17) is 4.11 Å². The second kappa shape index (κ2) is 6.38. The molecule has 4 aromatic carbocycles. The van der Waals surface area contributed by atoms with Gasteiger partial charge in [0, 0.05) is 20.9 Å². The Morgan fingerprint density at radius 3 is 2.07 bits per heavy atom. The summed E-state index contributed by atoms with van der Waals surface area (Å²) in [6, 6.07) is 32.4. The minimum Gasteiger partial charge on any atom is -0.356 e. The van der Waals surface area contributed by atoms with Crippen LogP contribution in [0.25, 0.3) is 22.3 Å². The van der Waals surface area contributed by atoms with E-state index in [-0.39, 0.29) is 0 Å². The second-order valence-electron chi connectivity index (χ2n) is 7.50. The molecule has 0 heterocycles. The molecule has 0 fully saturated rings. The first-order valence-electron chi connectivity index (χ1n) is 11.0. The van der Waals surface area contributed by atoms with E-state index in [0.29, 0.717) is 0 Å². The van der Waals surface area contributed by atoms with Crippen molar-refractivity contribution < 1.29 is 4.11 Å². The molecule has 0 amide bonds. The van der Waals surface area contributed by atoms with Crippen LogP contribution < -0.4 is 5.32 Å². The smallest absolute Gasteiger partial charge is 0.0387 e. The summed E-state index contributed by atoms with van der Waals surface area (Å²) in [6.07, 6.45) is 0. The standard InChI is InChI=1S/C27H23N/c1-27(2)25-11-7-6-10-23(25)24-17-16-22(18-26(24)27)28-21-14-12-20(13-15-21)19-8-4-3-5-9-19/h3-18,28H,1-2H3/i1D3. The highest BCUT2D eigenvalue weighted by atomic mass is 14.9. The molecule has 136 valence electrons. The van der Waals surface area contributed by atoms with E-state index in [2.05, 4.69) is 29.6 Å². The molecule has 28 heavy (non-hydrogen) atoms. The lowest BCUT2D eigenvalue weighted by Gasteiger charge is -2.22. The average Bonchev–Trinajstić information content (AvgIpc) is 3.04. The van der Waals surface area contributed by atoms with Crippen molar-refractivity contribution in [3.8, 4) is 22.3 Å². The van der Waals surface area contributed by atoms with Gasteiger partial charge in [-0.25, -0.2) is 0 Å². The molecule has 0 aromatic heterocycles. The van der Waals surface area contributed by atoms with Gasteiger partial charge in [0.1, 0.15) is 0 Å². The van der Waals surface area contributed by atoms with Crippen molar-refractivity contribution in [3.05, 3.63) is 108 Å². The molecule has 1 aliphatic rings. The van der Waals surface area contributed by atoms with Crippen LogP contribution in [-0.2, 0) is 5.41 Å². The van der Waals surface area contributed by atoms with Crippen molar-refractivity contribution >= 4 is 11.4 Å². The second-order valence-corrected chi connectivity index (χ2v) is 7.50. The Balaban J connectivity index is 1.50. The number of benzene rings is 4. The van der Waals surface area contributed by atoms with Crippen molar-refractivity contribution in [1.82, 2.24) is 0 Å². The summed E-state index contributed by atoms with van der Waals surface area (Å²) in [5.41, 5.74) is 6.87. The van der Waals surface area contributed by atoms with E-state index in [1.165, 1.54) is 5.56 Å². The normalized spacial score (nSPS) is 19.1. The monoisotopic (exact) mass is 364 g/mol. The van der Waals surface area contributed by atoms with Gasteiger partial charge in [-0.15, -0.1) is 0 Å². The SMILES string of the molecule is [2H]C([2H])([2H])C1(C)c2ccccc2-c2ccc(Nc3ccc(-c4ccccc4)cc3)cc21. The molecule has 1 nitrogen and oxygen atoms in total. The molecule has 0 radical (unpaired) electrons. The van der Waals surface area contributed by atoms with Gasteiger partial charge in [-0.05, 0) is 57.6 Å². The summed E-state index contributed by atoms with van der Waals surface area (Å²) >= 11 is 0. The van der Waals surface area contributed by atoms with Crippen molar-refractivity contribution in [1.29, 1.82) is 0 Å². The largest absolute Gasteiger partial charge is 0.356 e. The van der Waals surface area contributed by atoms with Gasteiger partial charge in [0.05, 0.1) is 0 Å². The van der Waals surface area contributed by atoms with Crippen molar-refractivity contribution in [2.45, 2.75) is 19.2 Å². The van der Waals surface area contributed by atoms with Crippen LogP contribution in [0.15, 0.2) is 97.1 Å². The van der Waals surface area contributed by atoms with Crippen LogP contribution >= 0.6 is 0 Å². The highest BCUT2D eigenvalue weighted by molar-refractivity contribution is 5.83. The summed E-state index contributed by atoms with van der Waals surface area (Å²) in [7, 11) is 0. The van der Waals surface area contributed by atoms with Gasteiger partial charge < -0.3 is 5.32 Å². The topological polar surface area (TPSA) is 12.0 Å². The maximum Gasteiger partial charge on any atom is 0.0387 e. The summed E-state index contributed by atoms with van der Waals surface area (Å²) in [5.74, 6) is 0. The predicted molar refractivity (Wildman–Crippen MR) is 119 cm³/mol. The lowest BCUT2D eigenvalue weighted by molar-refractivity contribution is 0.660. The number of hydrogen-bond donors (Lipinski definition) is 1. The highest BCUT2D eigenvalue weighted by Crippen LogP contribution is 2.49. The third-order valence-corrected chi connectivity index (χ3v) is 5.59. The molecule has 4 aromatic rings. The summed E-state index contributed by atoms with van der Waals surface area (Å²) in [5, 5.41) is 3.44. The van der Waals surface area contributed by atoms with Gasteiger partial charge in [0.25, 0.3) is 0 Å². The zero-order valence-electron chi connectivity index (χ0n) is 18.7. The molecule has 0 aliphatic heterocycles. The minimum atomic E-state index is -2.15. The Labute approximate surface area is 170 Å². The van der Waals surface area contributed by atoms with E-state index in [0.717, 1.165) is 39.2 Å². The van der Waals surface area contributed by atoms with Crippen molar-refractivity contribution in [2.75, 3.05) is 5.32 Å². The fourth-order valence-electron chi connectivity index (χ4n) is 4.11. The lowest BCUT2D eigenvalue weighted by Crippen LogP contribution is -2.15. The van der Waals surface area contributed by atoms with E-state index in [1.54, 1.807) is 0 Å². The molecule has 5 rings (SSSR count). The fourth-order valence-corrected chi connectivity index (χ4v) is 4.11. The molecule has 1 N–H and O–H groups in total. The molecule has 0 saturated carbocycles. The van der Waals surface area contributed by atoms with Crippen molar-refractivity contribution in [2.24, 2.45) is 0 Å². The summed E-state index contributed by atoms with van der Waals surface area (Å²) < 4.78 is 24.9. The number of nitrogens with one attached hydrogen (secondary N) is 1. The number of fused-ring (bicyclic) bond motifs is 3. The lowest BCUT2D eigenvalue weighted by atomic mass is 9.82. The Morgan fingerprint density at radius 1 is 0.643 bits per heavy atom. The summed E-state index contributed by atoms with van der Waals surface area (Å²) in [4.78, 5) is 0. The van der Waals surface area contributed by atoms with Crippen LogP contribution in [0.1, 0.15) is 29.0 Å². The molecule has 1 heteroatoms. The quantitative estimate of drug-likeness (QED) is 0.399. The van der Waals surface area contributed by atoms with Crippen LogP contribution in [0.5, 0.6) is 0 Å². The molecular formula is C27H23N. The van der Waals surface area contributed by atoms with Crippen LogP contribution in [0, 0.1) is 0 Å². The summed E-state index contributed by atoms with van der Waals surface area (Å²) in [6.45, 7) is -0.312. The molecule has 0 bridgehead atoms. The van der Waals surface area contributed by atoms with Crippen molar-refractivity contribution in [3.63, 3.8) is 0 Å². The van der Waals surface area contributed by atoms with E-state index in [9.17, 15) is 0 Å². The van der Waals surface area contributed by atoms with E-state index >= 15 is 0 Å². The number of hydrogen-bond acceptors (Lipinski definition) is 1. The first kappa shape index (κ1) is 13.8. The minimum absolute atomic E-state index is 0.847. The van der Waals surface area contributed by atoms with E-state index in [1.807, 2.05) is 79.7 Å². The molecule has 0 spiro atoms. The first-order valence-corrected chi connectivity index (χ1v) is 9.55. The van der Waals surface area contributed by atoms with Gasteiger partial charge in [0.15, 0.2) is 0 Å². The first-order chi connectivity index (χ1) is 14.9. The Morgan fingerprint density at radius 2 is 1.29 bits per heavy atom. The Bertz CT molecular complexity index is 1240. The molecule has 1 unspecified atom stereocenters. The molecular weight excluding hydrogens is 338 g/mol. The van der Waals surface area contributed by atoms with Gasteiger partial charge in [-0.1, -0.05) is 86.6 Å². The Kier molecular flexibility index (Phi) is 3.14. The van der Waals surface area contributed by atoms with Crippen LogP contribution in [0.3, 0.4) is 0 Å². The van der Waals surface area contributed by atoms with Crippen LogP contribution in [-0.4, -0.2) is 0 Å². The molecule has 1 aliphatic carbocycles. The maximum atomic E-state index is 8.30. The third-order valence-electron chi connectivity index (χ3n) is 5.59. The average molecular weight is 365 g/mol. The maximum absolute atomic E-state index is 8.30. The number of rotatable bonds is 3. The third kappa shape index (κ3) is 2.71. The fraction of sp³-hybridized carbons (Fsp3) is 0.111. The van der Waals surface area contributed by atoms with Gasteiger partial charge >= 0.3 is 0 Å². The molecule has 0 saturated heterocycles. The molecule has 1 atom stereocenters. The van der Waals surface area contributed by atoms with Crippen LogP contribution in [0.2, 0.25) is 0 Å². The van der Waals surface area contributed by atoms with Gasteiger partial charge in [0.2, 0.25) is 0 Å². The zero-order valence-corrected chi connectivity index (χ0v) is 15.7. The predicted octanol–water partition coefficient (Wildman–Crippen LogP) is 7.40. The van der Waals surface area contributed by atoms with Gasteiger partial charge in [-0.3, -0.25) is 0 Å². The Hall–Kier alpha value is -3.32. The highest BCUT2D eigenvalue weighted by Gasteiger charge is 2.35. The van der Waals surface area contributed by atoms with Gasteiger partial charge in [-0.2, -0.15) is 0 Å². The van der Waals surface area contributed by atoms with E-state index < -0.39 is 12.3 Å². The number of anilines is 2.